The van der Waals surface area contributed by atoms with Crippen LogP contribution < -0.4 is 15.4 Å². The molecule has 0 heterocycles. The van der Waals surface area contributed by atoms with Crippen LogP contribution in [0.5, 0.6) is 0 Å². The molecule has 0 aromatic heterocycles. The van der Waals surface area contributed by atoms with Crippen LogP contribution in [0.15, 0.2) is 53.5 Å². The van der Waals surface area contributed by atoms with Crippen molar-refractivity contribution in [1.29, 1.82) is 0 Å². The Morgan fingerprint density at radius 1 is 0.967 bits per heavy atom. The summed E-state index contributed by atoms with van der Waals surface area (Å²) in [6, 6.07) is 12.1. The Labute approximate surface area is 191 Å². The molecule has 0 unspecified atom stereocenters. The Bertz CT molecular complexity index is 949. The normalized spacial score (nSPS) is 12.2. The largest absolute Gasteiger partial charge is 0.416 e. The van der Waals surface area contributed by atoms with E-state index in [1.807, 2.05) is 0 Å². The minimum absolute atomic E-state index is 0. The van der Waals surface area contributed by atoms with Gasteiger partial charge in [-0.15, -0.1) is 24.0 Å². The lowest BCUT2D eigenvalue weighted by Gasteiger charge is -2.13. The number of rotatable bonds is 7. The van der Waals surface area contributed by atoms with Gasteiger partial charge in [-0.1, -0.05) is 36.4 Å². The fraction of sp³-hybridized carbons (Fsp3) is 0.316. The van der Waals surface area contributed by atoms with Crippen molar-refractivity contribution in [2.75, 3.05) is 14.1 Å². The van der Waals surface area contributed by atoms with E-state index in [4.69, 9.17) is 0 Å². The SMILES string of the molecule is CN=C(NCc1ccc(CS(=O)(=O)NC)cc1)NCc1cccc(C(F)(F)F)c1.I. The van der Waals surface area contributed by atoms with E-state index in [0.29, 0.717) is 23.6 Å². The molecule has 0 spiro atoms. The van der Waals surface area contributed by atoms with Gasteiger partial charge < -0.3 is 10.6 Å². The number of nitrogens with zero attached hydrogens (tertiary/aromatic N) is 1. The number of halogens is 4. The number of hydrogen-bond donors (Lipinski definition) is 3. The van der Waals surface area contributed by atoms with Crippen molar-refractivity contribution in [2.24, 2.45) is 4.99 Å². The summed E-state index contributed by atoms with van der Waals surface area (Å²) in [5.41, 5.74) is 1.35. The Morgan fingerprint density at radius 3 is 2.07 bits per heavy atom. The molecule has 3 N–H and O–H groups in total. The summed E-state index contributed by atoms with van der Waals surface area (Å²) in [4.78, 5) is 4.05. The highest BCUT2D eigenvalue weighted by Gasteiger charge is 2.30. The molecule has 0 fully saturated rings. The van der Waals surface area contributed by atoms with E-state index in [2.05, 4.69) is 20.3 Å². The van der Waals surface area contributed by atoms with Gasteiger partial charge in [-0.3, -0.25) is 4.99 Å². The van der Waals surface area contributed by atoms with Crippen molar-refractivity contribution in [3.05, 3.63) is 70.8 Å². The predicted molar refractivity (Wildman–Crippen MR) is 122 cm³/mol. The molecule has 2 aromatic rings. The quantitative estimate of drug-likeness (QED) is 0.278. The maximum absolute atomic E-state index is 12.8. The Kier molecular flexibility index (Phi) is 10.0. The average molecular weight is 556 g/mol. The number of guanidine groups is 1. The van der Waals surface area contributed by atoms with Crippen LogP contribution in [-0.2, 0) is 35.0 Å². The van der Waals surface area contributed by atoms with E-state index in [9.17, 15) is 21.6 Å². The summed E-state index contributed by atoms with van der Waals surface area (Å²) in [7, 11) is -0.397. The van der Waals surface area contributed by atoms with Crippen LogP contribution in [0.4, 0.5) is 13.2 Å². The summed E-state index contributed by atoms with van der Waals surface area (Å²) >= 11 is 0. The van der Waals surface area contributed by atoms with E-state index in [0.717, 1.165) is 17.7 Å². The number of benzene rings is 2. The first-order chi connectivity index (χ1) is 13.6. The molecule has 0 bridgehead atoms. The maximum Gasteiger partial charge on any atom is 0.416 e. The summed E-state index contributed by atoms with van der Waals surface area (Å²) in [6.45, 7) is 0.603. The lowest BCUT2D eigenvalue weighted by atomic mass is 10.1. The van der Waals surface area contributed by atoms with Crippen LogP contribution in [0, 0.1) is 0 Å². The van der Waals surface area contributed by atoms with Gasteiger partial charge in [0.2, 0.25) is 10.0 Å². The second-order valence-electron chi connectivity index (χ2n) is 6.26. The zero-order chi connectivity index (χ0) is 21.5. The molecule has 0 saturated carbocycles. The van der Waals surface area contributed by atoms with Crippen LogP contribution in [0.1, 0.15) is 22.3 Å². The summed E-state index contributed by atoms with van der Waals surface area (Å²) in [6.07, 6.45) is -4.38. The highest BCUT2D eigenvalue weighted by Crippen LogP contribution is 2.29. The molecule has 0 saturated heterocycles. The molecule has 30 heavy (non-hydrogen) atoms. The predicted octanol–water partition coefficient (Wildman–Crippen LogP) is 3.24. The summed E-state index contributed by atoms with van der Waals surface area (Å²) < 4.78 is 63.8. The molecule has 11 heteroatoms. The van der Waals surface area contributed by atoms with E-state index < -0.39 is 21.8 Å². The molecule has 2 aromatic carbocycles. The van der Waals surface area contributed by atoms with Gasteiger partial charge in [-0.05, 0) is 35.9 Å². The van der Waals surface area contributed by atoms with Crippen LogP contribution in [0.2, 0.25) is 0 Å². The van der Waals surface area contributed by atoms with Crippen LogP contribution in [-0.4, -0.2) is 28.5 Å². The molecule has 0 aliphatic heterocycles. The standard InChI is InChI=1S/C19H23F3N4O2S.HI/c1-23-18(26-12-16-4-3-5-17(10-16)19(20,21)22)25-11-14-6-8-15(9-7-14)13-29(27,28)24-2;/h3-10,24H,11-13H2,1-2H3,(H2,23,25,26);1H. The molecule has 2 rings (SSSR count). The first-order valence-electron chi connectivity index (χ1n) is 8.72. The highest BCUT2D eigenvalue weighted by molar-refractivity contribution is 14.0. The fourth-order valence-corrected chi connectivity index (χ4v) is 3.27. The summed E-state index contributed by atoms with van der Waals surface area (Å²) in [5, 5.41) is 6.03. The monoisotopic (exact) mass is 556 g/mol. The number of nitrogens with one attached hydrogen (secondary N) is 3. The minimum Gasteiger partial charge on any atom is -0.352 e. The molecule has 0 aliphatic rings. The Balaban J connectivity index is 0.00000450. The third-order valence-electron chi connectivity index (χ3n) is 4.09. The molecule has 0 radical (unpaired) electrons. The first-order valence-corrected chi connectivity index (χ1v) is 10.4. The van der Waals surface area contributed by atoms with Gasteiger partial charge in [0.05, 0.1) is 11.3 Å². The van der Waals surface area contributed by atoms with Gasteiger partial charge in [-0.25, -0.2) is 13.1 Å². The first kappa shape index (κ1) is 26.2. The third kappa shape index (κ3) is 8.48. The Morgan fingerprint density at radius 2 is 1.53 bits per heavy atom. The van der Waals surface area contributed by atoms with E-state index in [1.165, 1.54) is 13.1 Å². The average Bonchev–Trinajstić information content (AvgIpc) is 2.68. The van der Waals surface area contributed by atoms with Gasteiger partial charge in [0.25, 0.3) is 0 Å². The van der Waals surface area contributed by atoms with Crippen molar-refractivity contribution in [1.82, 2.24) is 15.4 Å². The maximum atomic E-state index is 12.8. The number of aliphatic imine (C=N–C) groups is 1. The van der Waals surface area contributed by atoms with Gasteiger partial charge in [0, 0.05) is 20.1 Å². The molecule has 0 atom stereocenters. The van der Waals surface area contributed by atoms with Crippen molar-refractivity contribution < 1.29 is 21.6 Å². The Hall–Kier alpha value is -1.86. The zero-order valence-corrected chi connectivity index (χ0v) is 19.6. The van der Waals surface area contributed by atoms with Gasteiger partial charge in [0.1, 0.15) is 0 Å². The molecule has 0 aliphatic carbocycles. The minimum atomic E-state index is -4.38. The number of alkyl halides is 3. The van der Waals surface area contributed by atoms with Gasteiger partial charge in [0.15, 0.2) is 5.96 Å². The van der Waals surface area contributed by atoms with Crippen LogP contribution in [0.3, 0.4) is 0 Å². The molecule has 166 valence electrons. The van der Waals surface area contributed by atoms with Crippen molar-refractivity contribution in [3.63, 3.8) is 0 Å². The van der Waals surface area contributed by atoms with Crippen molar-refractivity contribution in [3.8, 4) is 0 Å². The van der Waals surface area contributed by atoms with E-state index >= 15 is 0 Å². The molecular formula is C19H24F3IN4O2S. The topological polar surface area (TPSA) is 82.6 Å². The van der Waals surface area contributed by atoms with Gasteiger partial charge >= 0.3 is 6.18 Å². The van der Waals surface area contributed by atoms with Crippen LogP contribution in [0.25, 0.3) is 0 Å². The van der Waals surface area contributed by atoms with Crippen molar-refractivity contribution in [2.45, 2.75) is 25.0 Å². The second-order valence-corrected chi connectivity index (χ2v) is 8.18. The number of sulfonamides is 1. The lowest BCUT2D eigenvalue weighted by Crippen LogP contribution is -2.36. The smallest absolute Gasteiger partial charge is 0.352 e. The van der Waals surface area contributed by atoms with Gasteiger partial charge in [-0.2, -0.15) is 13.2 Å². The number of hydrogen-bond acceptors (Lipinski definition) is 3. The zero-order valence-electron chi connectivity index (χ0n) is 16.5. The molecule has 6 nitrogen and oxygen atoms in total. The third-order valence-corrected chi connectivity index (χ3v) is 5.42. The summed E-state index contributed by atoms with van der Waals surface area (Å²) in [5.74, 6) is 0.335. The van der Waals surface area contributed by atoms with Crippen LogP contribution >= 0.6 is 24.0 Å². The molecule has 0 amide bonds. The lowest BCUT2D eigenvalue weighted by molar-refractivity contribution is -0.137. The van der Waals surface area contributed by atoms with Crippen molar-refractivity contribution >= 4 is 40.0 Å². The second kappa shape index (κ2) is 11.5. The van der Waals surface area contributed by atoms with E-state index in [-0.39, 0.29) is 36.3 Å². The fourth-order valence-electron chi connectivity index (χ4n) is 2.49. The molecular weight excluding hydrogens is 532 g/mol. The highest BCUT2D eigenvalue weighted by atomic mass is 127. The van der Waals surface area contributed by atoms with E-state index in [1.54, 1.807) is 37.4 Å².